The minimum absolute atomic E-state index is 0.0238. The highest BCUT2D eigenvalue weighted by Gasteiger charge is 2.16. The molecule has 0 radical (unpaired) electrons. The summed E-state index contributed by atoms with van der Waals surface area (Å²) in [6.45, 7) is 7.61. The first-order valence-electron chi connectivity index (χ1n) is 8.33. The molecular weight excluding hydrogens is 322 g/mol. The predicted molar refractivity (Wildman–Crippen MR) is 100 cm³/mol. The molecule has 128 valence electrons. The molecular formula is C19H24ClN3O. The van der Waals surface area contributed by atoms with Gasteiger partial charge in [-0.3, -0.25) is 9.78 Å². The number of carbonyl (C=O) groups is 1. The maximum atomic E-state index is 12.6. The number of nitrogens with zero attached hydrogens (tertiary/aromatic N) is 2. The summed E-state index contributed by atoms with van der Waals surface area (Å²) in [6, 6.07) is 9.42. The Morgan fingerprint density at radius 2 is 1.79 bits per heavy atom. The Balaban J connectivity index is 2.18. The first kappa shape index (κ1) is 18.3. The fourth-order valence-electron chi connectivity index (χ4n) is 2.48. The molecule has 5 heteroatoms. The lowest BCUT2D eigenvalue weighted by atomic mass is 10.2. The lowest BCUT2D eigenvalue weighted by Crippen LogP contribution is -2.33. The van der Waals surface area contributed by atoms with Gasteiger partial charge in [-0.15, -0.1) is 0 Å². The third-order valence-electron chi connectivity index (χ3n) is 3.71. The number of amides is 1. The van der Waals surface area contributed by atoms with Crippen molar-refractivity contribution in [2.45, 2.75) is 33.6 Å². The SMILES string of the molecule is CCCN(CCC)C(=O)c1cc(Nc2ccc(C)c(Cl)c2)ccn1. The Hall–Kier alpha value is -2.07. The summed E-state index contributed by atoms with van der Waals surface area (Å²) in [4.78, 5) is 18.7. The number of aryl methyl sites for hydroxylation is 1. The van der Waals surface area contributed by atoms with Crippen LogP contribution in [-0.2, 0) is 0 Å². The van der Waals surface area contributed by atoms with Gasteiger partial charge in [0.05, 0.1) is 0 Å². The lowest BCUT2D eigenvalue weighted by Gasteiger charge is -2.21. The summed E-state index contributed by atoms with van der Waals surface area (Å²) in [5, 5.41) is 3.99. The van der Waals surface area contributed by atoms with E-state index in [0.717, 1.165) is 42.9 Å². The van der Waals surface area contributed by atoms with Gasteiger partial charge in [0.2, 0.25) is 0 Å². The Kier molecular flexibility index (Phi) is 6.62. The molecule has 1 heterocycles. The fourth-order valence-corrected chi connectivity index (χ4v) is 2.66. The summed E-state index contributed by atoms with van der Waals surface area (Å²) in [7, 11) is 0. The van der Waals surface area contributed by atoms with Crippen LogP contribution in [-0.4, -0.2) is 28.9 Å². The molecule has 0 fully saturated rings. The molecule has 0 spiro atoms. The van der Waals surface area contributed by atoms with Crippen molar-refractivity contribution in [1.29, 1.82) is 0 Å². The maximum Gasteiger partial charge on any atom is 0.272 e. The van der Waals surface area contributed by atoms with E-state index in [1.54, 1.807) is 12.3 Å². The quantitative estimate of drug-likeness (QED) is 0.763. The van der Waals surface area contributed by atoms with Crippen molar-refractivity contribution in [3.63, 3.8) is 0 Å². The number of anilines is 2. The number of hydrogen-bond acceptors (Lipinski definition) is 3. The first-order chi connectivity index (χ1) is 11.5. The van der Waals surface area contributed by atoms with Crippen LogP contribution in [0.1, 0.15) is 42.7 Å². The number of pyridine rings is 1. The lowest BCUT2D eigenvalue weighted by molar-refractivity contribution is 0.0749. The summed E-state index contributed by atoms with van der Waals surface area (Å²) in [5.74, 6) is -0.0238. The number of nitrogens with one attached hydrogen (secondary N) is 1. The van der Waals surface area contributed by atoms with Gasteiger partial charge in [-0.2, -0.15) is 0 Å². The first-order valence-corrected chi connectivity index (χ1v) is 8.71. The Bertz CT molecular complexity index is 697. The number of halogens is 1. The largest absolute Gasteiger partial charge is 0.355 e. The highest BCUT2D eigenvalue weighted by atomic mass is 35.5. The molecule has 0 aliphatic carbocycles. The number of hydrogen-bond donors (Lipinski definition) is 1. The van der Waals surface area contributed by atoms with Crippen LogP contribution in [0.15, 0.2) is 36.5 Å². The summed E-state index contributed by atoms with van der Waals surface area (Å²) in [6.07, 6.45) is 3.53. The second-order valence-corrected chi connectivity index (χ2v) is 6.22. The van der Waals surface area contributed by atoms with Crippen LogP contribution >= 0.6 is 11.6 Å². The van der Waals surface area contributed by atoms with Gasteiger partial charge in [0.1, 0.15) is 5.69 Å². The number of benzene rings is 1. The zero-order chi connectivity index (χ0) is 17.5. The molecule has 1 aromatic heterocycles. The monoisotopic (exact) mass is 345 g/mol. The molecule has 0 saturated carbocycles. The molecule has 4 nitrogen and oxygen atoms in total. The van der Waals surface area contributed by atoms with Crippen LogP contribution in [0.2, 0.25) is 5.02 Å². The molecule has 1 amide bonds. The summed E-state index contributed by atoms with van der Waals surface area (Å²) in [5.41, 5.74) is 3.19. The second-order valence-electron chi connectivity index (χ2n) is 5.81. The zero-order valence-corrected chi connectivity index (χ0v) is 15.2. The summed E-state index contributed by atoms with van der Waals surface area (Å²) < 4.78 is 0. The molecule has 0 aliphatic rings. The van der Waals surface area contributed by atoms with Gasteiger partial charge < -0.3 is 10.2 Å². The van der Waals surface area contributed by atoms with Gasteiger partial charge in [-0.1, -0.05) is 31.5 Å². The Morgan fingerprint density at radius 1 is 1.12 bits per heavy atom. The van der Waals surface area contributed by atoms with E-state index in [0.29, 0.717) is 10.7 Å². The number of rotatable bonds is 7. The average molecular weight is 346 g/mol. The van der Waals surface area contributed by atoms with Crippen molar-refractivity contribution < 1.29 is 4.79 Å². The second kappa shape index (κ2) is 8.69. The normalized spacial score (nSPS) is 10.5. The van der Waals surface area contributed by atoms with Gasteiger partial charge in [-0.25, -0.2) is 0 Å². The molecule has 0 aliphatic heterocycles. The van der Waals surface area contributed by atoms with Crippen molar-refractivity contribution in [1.82, 2.24) is 9.88 Å². The molecule has 24 heavy (non-hydrogen) atoms. The highest BCUT2D eigenvalue weighted by molar-refractivity contribution is 6.31. The maximum absolute atomic E-state index is 12.6. The van der Waals surface area contributed by atoms with Crippen molar-refractivity contribution in [2.75, 3.05) is 18.4 Å². The minimum atomic E-state index is -0.0238. The fraction of sp³-hybridized carbons (Fsp3) is 0.368. The third-order valence-corrected chi connectivity index (χ3v) is 4.12. The van der Waals surface area contributed by atoms with Crippen molar-refractivity contribution in [2.24, 2.45) is 0 Å². The zero-order valence-electron chi connectivity index (χ0n) is 14.5. The van der Waals surface area contributed by atoms with Gasteiger partial charge >= 0.3 is 0 Å². The molecule has 0 bridgehead atoms. The highest BCUT2D eigenvalue weighted by Crippen LogP contribution is 2.23. The Labute approximate surface area is 148 Å². The van der Waals surface area contributed by atoms with Crippen LogP contribution in [0, 0.1) is 6.92 Å². The van der Waals surface area contributed by atoms with E-state index in [9.17, 15) is 4.79 Å². The Morgan fingerprint density at radius 3 is 2.42 bits per heavy atom. The molecule has 0 unspecified atom stereocenters. The average Bonchev–Trinajstić information content (AvgIpc) is 2.58. The van der Waals surface area contributed by atoms with Crippen LogP contribution in [0.4, 0.5) is 11.4 Å². The third kappa shape index (κ3) is 4.71. The molecule has 1 N–H and O–H groups in total. The van der Waals surface area contributed by atoms with Crippen LogP contribution in [0.25, 0.3) is 0 Å². The predicted octanol–water partition coefficient (Wildman–Crippen LogP) is 5.05. The minimum Gasteiger partial charge on any atom is -0.355 e. The van der Waals surface area contributed by atoms with E-state index in [-0.39, 0.29) is 5.91 Å². The topological polar surface area (TPSA) is 45.2 Å². The molecule has 2 aromatic rings. The van der Waals surface area contributed by atoms with E-state index in [4.69, 9.17) is 11.6 Å². The van der Waals surface area contributed by atoms with E-state index in [2.05, 4.69) is 24.1 Å². The number of aromatic nitrogens is 1. The van der Waals surface area contributed by atoms with E-state index in [1.807, 2.05) is 36.1 Å². The summed E-state index contributed by atoms with van der Waals surface area (Å²) >= 11 is 6.16. The molecule has 2 rings (SSSR count). The van der Waals surface area contributed by atoms with E-state index < -0.39 is 0 Å². The van der Waals surface area contributed by atoms with Gasteiger partial charge in [-0.05, 0) is 49.6 Å². The van der Waals surface area contributed by atoms with Crippen molar-refractivity contribution in [3.05, 3.63) is 52.8 Å². The molecule has 0 atom stereocenters. The molecule has 1 aromatic carbocycles. The van der Waals surface area contributed by atoms with Crippen LogP contribution in [0.5, 0.6) is 0 Å². The van der Waals surface area contributed by atoms with Crippen LogP contribution < -0.4 is 5.32 Å². The number of carbonyl (C=O) groups excluding carboxylic acids is 1. The van der Waals surface area contributed by atoms with Gasteiger partial charge in [0, 0.05) is 35.7 Å². The smallest absolute Gasteiger partial charge is 0.272 e. The van der Waals surface area contributed by atoms with Gasteiger partial charge in [0.15, 0.2) is 0 Å². The van der Waals surface area contributed by atoms with Crippen molar-refractivity contribution in [3.8, 4) is 0 Å². The van der Waals surface area contributed by atoms with Gasteiger partial charge in [0.25, 0.3) is 5.91 Å². The van der Waals surface area contributed by atoms with Crippen LogP contribution in [0.3, 0.4) is 0 Å². The van der Waals surface area contributed by atoms with E-state index in [1.165, 1.54) is 0 Å². The van der Waals surface area contributed by atoms with E-state index >= 15 is 0 Å². The standard InChI is InChI=1S/C19H24ClN3O/c1-4-10-23(11-5-2)19(24)18-13-16(8-9-21-18)22-15-7-6-14(3)17(20)12-15/h6-9,12-13H,4-5,10-11H2,1-3H3,(H,21,22). The molecule has 0 saturated heterocycles. The van der Waals surface area contributed by atoms with Crippen molar-refractivity contribution >= 4 is 28.9 Å².